The minimum Gasteiger partial charge on any atom is -0.372 e. The van der Waals surface area contributed by atoms with Gasteiger partial charge in [0.2, 0.25) is 0 Å². The average Bonchev–Trinajstić information content (AvgIpc) is 1.83. The van der Waals surface area contributed by atoms with Crippen molar-refractivity contribution in [1.82, 2.24) is 0 Å². The second-order valence-electron chi connectivity index (χ2n) is 3.28. The predicted octanol–water partition coefficient (Wildman–Crippen LogP) is -0.223. The van der Waals surface area contributed by atoms with Crippen LogP contribution >= 0.6 is 0 Å². The first-order valence-corrected chi connectivity index (χ1v) is 3.05. The Morgan fingerprint density at radius 3 is 2.00 bits per heavy atom. The molecule has 0 aromatic heterocycles. The van der Waals surface area contributed by atoms with Crippen LogP contribution in [0.3, 0.4) is 0 Å². The predicted molar refractivity (Wildman–Crippen MR) is 37.7 cm³/mol. The zero-order valence-electron chi connectivity index (χ0n) is 6.55. The second kappa shape index (κ2) is 2.98. The lowest BCUT2D eigenvalue weighted by Gasteiger charge is -2.23. The van der Waals surface area contributed by atoms with E-state index >= 15 is 0 Å². The van der Waals surface area contributed by atoms with Crippen LogP contribution in [-0.4, -0.2) is 12.0 Å². The third kappa shape index (κ3) is 2.33. The molecule has 0 unspecified atom stereocenters. The summed E-state index contributed by atoms with van der Waals surface area (Å²) in [5, 5.41) is 0. The number of rotatable bonds is 1. The van der Waals surface area contributed by atoms with Crippen molar-refractivity contribution in [1.29, 1.82) is 0 Å². The Labute approximate surface area is 60.5 Å². The Bertz CT molecular complexity index is 128. The molecule has 0 heterocycles. The fourth-order valence-corrected chi connectivity index (χ4v) is 0.427. The topological polar surface area (TPSA) is 78.3 Å². The minimum atomic E-state index is -0.655. The highest BCUT2D eigenvalue weighted by molar-refractivity contribution is 5.76. The Balaban J connectivity index is 4.08. The highest BCUT2D eigenvalue weighted by Gasteiger charge is 2.28. The molecule has 0 bridgehead atoms. The van der Waals surface area contributed by atoms with Crippen molar-refractivity contribution in [2.75, 3.05) is 0 Å². The van der Waals surface area contributed by atoms with Gasteiger partial charge in [0.15, 0.2) is 0 Å². The third-order valence-corrected chi connectivity index (χ3v) is 1.30. The molecule has 0 aliphatic carbocycles. The van der Waals surface area contributed by atoms with Crippen molar-refractivity contribution in [3.8, 4) is 0 Å². The highest BCUT2D eigenvalue weighted by atomic mass is 16.7. The Morgan fingerprint density at radius 2 is 1.90 bits per heavy atom. The molecule has 0 aliphatic rings. The molecule has 0 spiro atoms. The van der Waals surface area contributed by atoms with Crippen LogP contribution in [0.15, 0.2) is 0 Å². The van der Waals surface area contributed by atoms with Crippen molar-refractivity contribution >= 4 is 5.97 Å². The molecular weight excluding hydrogens is 132 g/mol. The van der Waals surface area contributed by atoms with E-state index in [4.69, 9.17) is 5.73 Å². The summed E-state index contributed by atoms with van der Waals surface area (Å²) in [6.07, 6.45) is 0. The number of hydrogen-bond acceptors (Lipinski definition) is 4. The molecule has 60 valence electrons. The quantitative estimate of drug-likeness (QED) is 0.501. The van der Waals surface area contributed by atoms with E-state index < -0.39 is 12.0 Å². The summed E-state index contributed by atoms with van der Waals surface area (Å²) in [6.45, 7) is 5.53. The Kier molecular flexibility index (Phi) is 2.80. The van der Waals surface area contributed by atoms with Crippen LogP contribution < -0.4 is 11.6 Å². The maximum atomic E-state index is 10.7. The van der Waals surface area contributed by atoms with Crippen molar-refractivity contribution in [2.45, 2.75) is 26.8 Å². The summed E-state index contributed by atoms with van der Waals surface area (Å²) in [4.78, 5) is 14.7. The first-order chi connectivity index (χ1) is 4.39. The lowest BCUT2D eigenvalue weighted by atomic mass is 9.88. The molecule has 0 rings (SSSR count). The normalized spacial score (nSPS) is 14.5. The summed E-state index contributed by atoms with van der Waals surface area (Å²) >= 11 is 0. The molecule has 0 fully saturated rings. The van der Waals surface area contributed by atoms with Gasteiger partial charge in [-0.15, -0.1) is 0 Å². The van der Waals surface area contributed by atoms with Gasteiger partial charge in [-0.1, -0.05) is 20.8 Å². The van der Waals surface area contributed by atoms with Crippen LogP contribution in [0.5, 0.6) is 0 Å². The number of nitrogens with two attached hydrogens (primary N) is 2. The molecular formula is C6H14N2O2. The average molecular weight is 146 g/mol. The van der Waals surface area contributed by atoms with E-state index in [2.05, 4.69) is 10.7 Å². The maximum absolute atomic E-state index is 10.7. The fourth-order valence-electron chi connectivity index (χ4n) is 0.427. The fraction of sp³-hybridized carbons (Fsp3) is 0.833. The molecule has 4 heteroatoms. The monoisotopic (exact) mass is 146 g/mol. The molecule has 0 saturated carbocycles. The molecule has 1 atom stereocenters. The first kappa shape index (κ1) is 9.39. The first-order valence-electron chi connectivity index (χ1n) is 3.05. The van der Waals surface area contributed by atoms with Gasteiger partial charge in [-0.3, -0.25) is 0 Å². The van der Waals surface area contributed by atoms with Gasteiger partial charge < -0.3 is 10.6 Å². The summed E-state index contributed by atoms with van der Waals surface area (Å²) in [5.74, 6) is 4.06. The van der Waals surface area contributed by atoms with E-state index in [1.807, 2.05) is 20.8 Å². The molecule has 0 aliphatic heterocycles. The summed E-state index contributed by atoms with van der Waals surface area (Å²) in [7, 11) is 0. The molecule has 0 saturated heterocycles. The summed E-state index contributed by atoms with van der Waals surface area (Å²) < 4.78 is 0. The van der Waals surface area contributed by atoms with Gasteiger partial charge in [-0.05, 0) is 5.41 Å². The summed E-state index contributed by atoms with van der Waals surface area (Å²) in [6, 6.07) is -0.655. The SMILES string of the molecule is CC(C)(C)[C@H](N)C(=O)ON. The summed E-state index contributed by atoms with van der Waals surface area (Å²) in [5.41, 5.74) is 5.16. The van der Waals surface area contributed by atoms with Gasteiger partial charge in [-0.25, -0.2) is 4.79 Å². The third-order valence-electron chi connectivity index (χ3n) is 1.30. The van der Waals surface area contributed by atoms with E-state index in [-0.39, 0.29) is 5.41 Å². The Hall–Kier alpha value is -0.610. The smallest absolute Gasteiger partial charge is 0.341 e. The van der Waals surface area contributed by atoms with Gasteiger partial charge in [-0.2, -0.15) is 5.90 Å². The maximum Gasteiger partial charge on any atom is 0.341 e. The van der Waals surface area contributed by atoms with E-state index in [1.165, 1.54) is 0 Å². The molecule has 0 amide bonds. The van der Waals surface area contributed by atoms with Gasteiger partial charge in [0.25, 0.3) is 0 Å². The van der Waals surface area contributed by atoms with Crippen molar-refractivity contribution in [2.24, 2.45) is 17.0 Å². The standard InChI is InChI=1S/C6H14N2O2/c1-6(2,3)4(7)5(9)10-8/h4H,7-8H2,1-3H3/t4-/m1/s1. The number of hydrogen-bond donors (Lipinski definition) is 2. The van der Waals surface area contributed by atoms with Gasteiger partial charge in [0, 0.05) is 0 Å². The van der Waals surface area contributed by atoms with Crippen LogP contribution in [-0.2, 0) is 9.63 Å². The van der Waals surface area contributed by atoms with E-state index in [1.54, 1.807) is 0 Å². The molecule has 4 nitrogen and oxygen atoms in total. The van der Waals surface area contributed by atoms with Crippen LogP contribution in [0.25, 0.3) is 0 Å². The van der Waals surface area contributed by atoms with E-state index in [0.717, 1.165) is 0 Å². The number of carbonyl (C=O) groups excluding carboxylic acids is 1. The zero-order chi connectivity index (χ0) is 8.36. The Morgan fingerprint density at radius 1 is 1.50 bits per heavy atom. The van der Waals surface area contributed by atoms with Crippen LogP contribution in [0.2, 0.25) is 0 Å². The zero-order valence-corrected chi connectivity index (χ0v) is 6.55. The van der Waals surface area contributed by atoms with Crippen molar-refractivity contribution in [3.63, 3.8) is 0 Å². The van der Waals surface area contributed by atoms with Crippen molar-refractivity contribution < 1.29 is 9.63 Å². The molecule has 0 aromatic carbocycles. The molecule has 10 heavy (non-hydrogen) atoms. The van der Waals surface area contributed by atoms with Gasteiger partial charge in [0.05, 0.1) is 0 Å². The molecule has 0 radical (unpaired) electrons. The number of carbonyl (C=O) groups is 1. The minimum absolute atomic E-state index is 0.295. The largest absolute Gasteiger partial charge is 0.372 e. The van der Waals surface area contributed by atoms with Crippen LogP contribution in [0.1, 0.15) is 20.8 Å². The lowest BCUT2D eigenvalue weighted by molar-refractivity contribution is -0.148. The highest BCUT2D eigenvalue weighted by Crippen LogP contribution is 2.17. The molecule has 4 N–H and O–H groups in total. The lowest BCUT2D eigenvalue weighted by Crippen LogP contribution is -2.44. The van der Waals surface area contributed by atoms with E-state index in [9.17, 15) is 4.79 Å². The van der Waals surface area contributed by atoms with E-state index in [0.29, 0.717) is 0 Å². The van der Waals surface area contributed by atoms with Gasteiger partial charge in [0.1, 0.15) is 6.04 Å². The van der Waals surface area contributed by atoms with Crippen LogP contribution in [0, 0.1) is 5.41 Å². The van der Waals surface area contributed by atoms with Crippen LogP contribution in [0.4, 0.5) is 0 Å². The molecule has 0 aromatic rings. The van der Waals surface area contributed by atoms with Gasteiger partial charge >= 0.3 is 5.97 Å². The van der Waals surface area contributed by atoms with Crippen molar-refractivity contribution in [3.05, 3.63) is 0 Å². The second-order valence-corrected chi connectivity index (χ2v) is 3.28.